The van der Waals surface area contributed by atoms with Gasteiger partial charge in [0.2, 0.25) is 0 Å². The molecule has 2 aromatic rings. The van der Waals surface area contributed by atoms with Crippen molar-refractivity contribution in [1.82, 2.24) is 9.97 Å². The number of rotatable bonds is 1. The summed E-state index contributed by atoms with van der Waals surface area (Å²) in [4.78, 5) is 6.16. The van der Waals surface area contributed by atoms with Crippen molar-refractivity contribution < 1.29 is 13.2 Å². The molecule has 72 valence electrons. The zero-order valence-electron chi connectivity index (χ0n) is 6.89. The highest BCUT2D eigenvalue weighted by molar-refractivity contribution is 5.59. The molecule has 14 heavy (non-hydrogen) atoms. The number of benzene rings is 1. The summed E-state index contributed by atoms with van der Waals surface area (Å²) in [6, 6.07) is 1.25. The van der Waals surface area contributed by atoms with Crippen LogP contribution in [0.15, 0.2) is 24.7 Å². The van der Waals surface area contributed by atoms with Crippen molar-refractivity contribution in [2.45, 2.75) is 0 Å². The van der Waals surface area contributed by atoms with E-state index in [1.807, 2.05) is 0 Å². The second-order valence-electron chi connectivity index (χ2n) is 2.71. The van der Waals surface area contributed by atoms with Crippen LogP contribution in [0.1, 0.15) is 0 Å². The molecule has 1 heterocycles. The van der Waals surface area contributed by atoms with Gasteiger partial charge in [-0.3, -0.25) is 0 Å². The molecule has 0 saturated heterocycles. The molecule has 0 unspecified atom stereocenters. The first-order chi connectivity index (χ1) is 6.68. The van der Waals surface area contributed by atoms with Crippen molar-refractivity contribution in [1.29, 1.82) is 0 Å². The third-order valence-electron chi connectivity index (χ3n) is 1.77. The number of H-pyrrole nitrogens is 1. The molecule has 2 nitrogen and oxygen atoms in total. The zero-order chi connectivity index (χ0) is 10.1. The maximum absolute atomic E-state index is 13.1. The highest BCUT2D eigenvalue weighted by Crippen LogP contribution is 2.24. The van der Waals surface area contributed by atoms with E-state index < -0.39 is 17.5 Å². The number of nitrogens with one attached hydrogen (secondary N) is 1. The van der Waals surface area contributed by atoms with Gasteiger partial charge < -0.3 is 4.98 Å². The second kappa shape index (κ2) is 3.17. The maximum Gasteiger partial charge on any atom is 0.138 e. The smallest absolute Gasteiger partial charge is 0.138 e. The Hall–Kier alpha value is -1.78. The van der Waals surface area contributed by atoms with Crippen LogP contribution in [0.25, 0.3) is 11.3 Å². The lowest BCUT2D eigenvalue weighted by atomic mass is 10.1. The van der Waals surface area contributed by atoms with Gasteiger partial charge in [-0.1, -0.05) is 0 Å². The molecule has 5 heteroatoms. The van der Waals surface area contributed by atoms with Crippen molar-refractivity contribution in [2.75, 3.05) is 0 Å². The van der Waals surface area contributed by atoms with Crippen molar-refractivity contribution in [3.8, 4) is 11.3 Å². The maximum atomic E-state index is 13.1. The molecular weight excluding hydrogens is 193 g/mol. The number of aromatic amines is 1. The van der Waals surface area contributed by atoms with E-state index in [0.717, 1.165) is 0 Å². The molecule has 0 amide bonds. The third-order valence-corrected chi connectivity index (χ3v) is 1.77. The molecule has 0 aliphatic carbocycles. The van der Waals surface area contributed by atoms with E-state index in [-0.39, 0.29) is 11.3 Å². The van der Waals surface area contributed by atoms with Gasteiger partial charge in [0, 0.05) is 12.1 Å². The van der Waals surface area contributed by atoms with Gasteiger partial charge in [-0.15, -0.1) is 0 Å². The van der Waals surface area contributed by atoms with Crippen LogP contribution in [-0.2, 0) is 0 Å². The molecule has 0 aliphatic heterocycles. The van der Waals surface area contributed by atoms with Crippen molar-refractivity contribution in [2.24, 2.45) is 0 Å². The summed E-state index contributed by atoms with van der Waals surface area (Å²) in [5.41, 5.74) is -0.121. The average Bonchev–Trinajstić information content (AvgIpc) is 2.54. The fraction of sp³-hybridized carbons (Fsp3) is 0. The van der Waals surface area contributed by atoms with Crippen molar-refractivity contribution in [3.63, 3.8) is 0 Å². The number of imidazole rings is 1. The standard InChI is InChI=1S/C9H5F3N2/c10-5-1-6(11)9(7(12)2-5)8-3-13-4-14-8/h1-4H,(H,13,14). The first-order valence-electron chi connectivity index (χ1n) is 3.82. The molecule has 0 aliphatic rings. The number of hydrogen-bond donors (Lipinski definition) is 1. The molecule has 0 saturated carbocycles. The summed E-state index contributed by atoms with van der Waals surface area (Å²) in [5.74, 6) is -2.85. The highest BCUT2D eigenvalue weighted by atomic mass is 19.1. The Morgan fingerprint density at radius 3 is 2.21 bits per heavy atom. The molecule has 0 radical (unpaired) electrons. The summed E-state index contributed by atoms with van der Waals surface area (Å²) in [6.07, 6.45) is 2.55. The third kappa shape index (κ3) is 1.37. The highest BCUT2D eigenvalue weighted by Gasteiger charge is 2.13. The molecule has 0 bridgehead atoms. The predicted octanol–water partition coefficient (Wildman–Crippen LogP) is 2.49. The summed E-state index contributed by atoms with van der Waals surface area (Å²) in [5, 5.41) is 0. The minimum absolute atomic E-state index is 0.181. The Balaban J connectivity index is 2.64. The summed E-state index contributed by atoms with van der Waals surface area (Å²) in [6.45, 7) is 0. The van der Waals surface area contributed by atoms with E-state index in [9.17, 15) is 13.2 Å². The van der Waals surface area contributed by atoms with E-state index in [1.165, 1.54) is 12.5 Å². The normalized spacial score (nSPS) is 10.5. The number of nitrogens with zero attached hydrogens (tertiary/aromatic N) is 1. The molecule has 1 N–H and O–H groups in total. The predicted molar refractivity (Wildman–Crippen MR) is 43.9 cm³/mol. The van der Waals surface area contributed by atoms with Crippen molar-refractivity contribution in [3.05, 3.63) is 42.1 Å². The van der Waals surface area contributed by atoms with Crippen LogP contribution < -0.4 is 0 Å². The van der Waals surface area contributed by atoms with Gasteiger partial charge >= 0.3 is 0 Å². The lowest BCUT2D eigenvalue weighted by Gasteiger charge is -2.01. The lowest BCUT2D eigenvalue weighted by molar-refractivity contribution is 0.547. The van der Waals surface area contributed by atoms with E-state index in [1.54, 1.807) is 0 Å². The van der Waals surface area contributed by atoms with Crippen LogP contribution in [0.4, 0.5) is 13.2 Å². The van der Waals surface area contributed by atoms with Crippen LogP contribution in [0.2, 0.25) is 0 Å². The number of aromatic nitrogens is 2. The Morgan fingerprint density at radius 2 is 1.71 bits per heavy atom. The molecule has 1 aromatic heterocycles. The molecule has 0 fully saturated rings. The van der Waals surface area contributed by atoms with Gasteiger partial charge in [-0.2, -0.15) is 0 Å². The average molecular weight is 198 g/mol. The Labute approximate surface area is 77.4 Å². The quantitative estimate of drug-likeness (QED) is 0.749. The molecule has 0 spiro atoms. The van der Waals surface area contributed by atoms with Crippen LogP contribution in [-0.4, -0.2) is 9.97 Å². The monoisotopic (exact) mass is 198 g/mol. The van der Waals surface area contributed by atoms with Crippen LogP contribution >= 0.6 is 0 Å². The minimum atomic E-state index is -0.952. The van der Waals surface area contributed by atoms with Crippen molar-refractivity contribution >= 4 is 0 Å². The Bertz CT molecular complexity index is 428. The van der Waals surface area contributed by atoms with Gasteiger partial charge in [0.25, 0.3) is 0 Å². The molecule has 1 aromatic carbocycles. The zero-order valence-corrected chi connectivity index (χ0v) is 6.89. The van der Waals surface area contributed by atoms with E-state index in [2.05, 4.69) is 9.97 Å². The summed E-state index contributed by atoms with van der Waals surface area (Å²) < 4.78 is 38.8. The SMILES string of the molecule is Fc1cc(F)c(-c2cnc[nH]2)c(F)c1. The number of hydrogen-bond acceptors (Lipinski definition) is 1. The van der Waals surface area contributed by atoms with Crippen LogP contribution in [0, 0.1) is 17.5 Å². The summed E-state index contributed by atoms with van der Waals surface area (Å²) >= 11 is 0. The minimum Gasteiger partial charge on any atom is -0.344 e. The van der Waals surface area contributed by atoms with Gasteiger partial charge in [0.15, 0.2) is 0 Å². The Kier molecular flexibility index (Phi) is 1.99. The second-order valence-corrected chi connectivity index (χ2v) is 2.71. The fourth-order valence-corrected chi connectivity index (χ4v) is 1.19. The van der Waals surface area contributed by atoms with Gasteiger partial charge in [0.1, 0.15) is 17.5 Å². The topological polar surface area (TPSA) is 28.7 Å². The Morgan fingerprint density at radius 1 is 1.07 bits per heavy atom. The fourth-order valence-electron chi connectivity index (χ4n) is 1.19. The first-order valence-corrected chi connectivity index (χ1v) is 3.82. The van der Waals surface area contributed by atoms with E-state index in [4.69, 9.17) is 0 Å². The molecule has 0 atom stereocenters. The van der Waals surface area contributed by atoms with Gasteiger partial charge in [-0.05, 0) is 0 Å². The van der Waals surface area contributed by atoms with Gasteiger partial charge in [0.05, 0.1) is 23.8 Å². The van der Waals surface area contributed by atoms with Crippen LogP contribution in [0.5, 0.6) is 0 Å². The van der Waals surface area contributed by atoms with E-state index >= 15 is 0 Å². The number of halogens is 3. The first kappa shape index (κ1) is 8.80. The van der Waals surface area contributed by atoms with Crippen LogP contribution in [0.3, 0.4) is 0 Å². The summed E-state index contributed by atoms with van der Waals surface area (Å²) in [7, 11) is 0. The molecular formula is C9H5F3N2. The van der Waals surface area contributed by atoms with E-state index in [0.29, 0.717) is 12.1 Å². The lowest BCUT2D eigenvalue weighted by Crippen LogP contribution is -1.92. The molecule has 2 rings (SSSR count). The van der Waals surface area contributed by atoms with Gasteiger partial charge in [-0.25, -0.2) is 18.2 Å². The largest absolute Gasteiger partial charge is 0.344 e.